The molecular weight excluding hydrogens is 463 g/mol. The Balaban J connectivity index is 0.00000338. The summed E-state index contributed by atoms with van der Waals surface area (Å²) in [6, 6.07) is 7.43. The molecule has 0 atom stereocenters. The topological polar surface area (TPSA) is 75.5 Å². The summed E-state index contributed by atoms with van der Waals surface area (Å²) in [6.07, 6.45) is 5.27. The van der Waals surface area contributed by atoms with Crippen LogP contribution in [0.3, 0.4) is 0 Å². The van der Waals surface area contributed by atoms with Crippen LogP contribution < -0.4 is 10.6 Å². The molecule has 2 rings (SSSR count). The van der Waals surface area contributed by atoms with Crippen molar-refractivity contribution < 1.29 is 8.42 Å². The van der Waals surface area contributed by atoms with Gasteiger partial charge < -0.3 is 15.2 Å². The molecule has 0 fully saturated rings. The molecule has 0 radical (unpaired) electrons. The summed E-state index contributed by atoms with van der Waals surface area (Å²) >= 11 is 0. The van der Waals surface area contributed by atoms with Crippen LogP contribution in [-0.4, -0.2) is 31.7 Å². The van der Waals surface area contributed by atoms with Gasteiger partial charge in [-0.3, -0.25) is 0 Å². The molecule has 0 aliphatic heterocycles. The zero-order valence-corrected chi connectivity index (χ0v) is 18.8. The molecule has 0 amide bonds. The van der Waals surface area contributed by atoms with Gasteiger partial charge in [-0.25, -0.2) is 13.4 Å². The van der Waals surface area contributed by atoms with E-state index in [9.17, 15) is 8.42 Å². The molecule has 1 aromatic carbocycles. The molecule has 0 unspecified atom stereocenters. The van der Waals surface area contributed by atoms with Gasteiger partial charge in [-0.1, -0.05) is 12.1 Å². The zero-order chi connectivity index (χ0) is 18.4. The van der Waals surface area contributed by atoms with Gasteiger partial charge in [0.15, 0.2) is 15.8 Å². The lowest BCUT2D eigenvalue weighted by atomic mass is 10.1. The summed E-state index contributed by atoms with van der Waals surface area (Å²) in [5, 5.41) is 6.50. The van der Waals surface area contributed by atoms with Crippen LogP contribution in [0.1, 0.15) is 23.6 Å². The second kappa shape index (κ2) is 9.96. The van der Waals surface area contributed by atoms with E-state index >= 15 is 0 Å². The van der Waals surface area contributed by atoms with Crippen molar-refractivity contribution in [1.29, 1.82) is 0 Å². The summed E-state index contributed by atoms with van der Waals surface area (Å²) in [5.41, 5.74) is 2.91. The Labute approximate surface area is 173 Å². The fraction of sp³-hybridized carbons (Fsp3) is 0.389. The standard InChI is InChI=1S/C18H26N4O2S.HI/c1-5-19-18(21-12-16-8-9-22(3)13-16)20-11-15-6-7-17(14(2)10-15)25(4,23)24;/h6-10,13H,5,11-12H2,1-4H3,(H2,19,20,21);1H. The van der Waals surface area contributed by atoms with Gasteiger partial charge in [0.1, 0.15) is 0 Å². The number of benzene rings is 1. The van der Waals surface area contributed by atoms with Gasteiger partial charge in [-0.15, -0.1) is 24.0 Å². The van der Waals surface area contributed by atoms with Crippen molar-refractivity contribution in [3.05, 3.63) is 53.3 Å². The van der Waals surface area contributed by atoms with Crippen molar-refractivity contribution in [3.8, 4) is 0 Å². The summed E-state index contributed by atoms with van der Waals surface area (Å²) < 4.78 is 25.4. The highest BCUT2D eigenvalue weighted by Gasteiger charge is 2.10. The van der Waals surface area contributed by atoms with E-state index in [1.54, 1.807) is 6.07 Å². The van der Waals surface area contributed by atoms with Crippen molar-refractivity contribution in [3.63, 3.8) is 0 Å². The molecule has 2 aromatic rings. The third kappa shape index (κ3) is 6.64. The smallest absolute Gasteiger partial charge is 0.191 e. The first-order valence-electron chi connectivity index (χ1n) is 8.22. The fourth-order valence-corrected chi connectivity index (χ4v) is 3.55. The zero-order valence-electron chi connectivity index (χ0n) is 15.6. The van der Waals surface area contributed by atoms with Crippen molar-refractivity contribution in [1.82, 2.24) is 15.2 Å². The van der Waals surface area contributed by atoms with E-state index in [1.807, 2.05) is 56.1 Å². The fourth-order valence-electron chi connectivity index (χ4n) is 2.59. The molecular formula is C18H27IN4O2S. The average Bonchev–Trinajstić information content (AvgIpc) is 2.94. The van der Waals surface area contributed by atoms with Crippen molar-refractivity contribution in [2.75, 3.05) is 12.8 Å². The SMILES string of the molecule is CCNC(=NCc1ccn(C)c1)NCc1ccc(S(C)(=O)=O)c(C)c1.I. The molecule has 8 heteroatoms. The number of rotatable bonds is 6. The van der Waals surface area contributed by atoms with Crippen LogP contribution in [-0.2, 0) is 30.0 Å². The van der Waals surface area contributed by atoms with Crippen molar-refractivity contribution in [2.45, 2.75) is 31.8 Å². The van der Waals surface area contributed by atoms with Gasteiger partial charge in [-0.05, 0) is 42.7 Å². The second-order valence-corrected chi connectivity index (χ2v) is 8.09. The molecule has 0 saturated heterocycles. The van der Waals surface area contributed by atoms with Crippen LogP contribution in [0.2, 0.25) is 0 Å². The maximum Gasteiger partial charge on any atom is 0.191 e. The Kier molecular flexibility index (Phi) is 8.61. The Morgan fingerprint density at radius 3 is 2.46 bits per heavy atom. The molecule has 0 saturated carbocycles. The predicted octanol–water partition coefficient (Wildman–Crippen LogP) is 2.61. The molecule has 6 nitrogen and oxygen atoms in total. The minimum atomic E-state index is -3.19. The first kappa shape index (κ1) is 22.5. The number of hydrogen-bond acceptors (Lipinski definition) is 3. The molecule has 2 N–H and O–H groups in total. The van der Waals surface area contributed by atoms with Gasteiger partial charge in [0.25, 0.3) is 0 Å². The molecule has 0 spiro atoms. The summed E-state index contributed by atoms with van der Waals surface area (Å²) in [6.45, 7) is 5.78. The molecule has 0 aliphatic carbocycles. The monoisotopic (exact) mass is 490 g/mol. The minimum Gasteiger partial charge on any atom is -0.357 e. The number of nitrogens with one attached hydrogen (secondary N) is 2. The Morgan fingerprint density at radius 2 is 1.92 bits per heavy atom. The first-order chi connectivity index (χ1) is 11.8. The summed E-state index contributed by atoms with van der Waals surface area (Å²) in [7, 11) is -1.20. The Morgan fingerprint density at radius 1 is 1.19 bits per heavy atom. The van der Waals surface area contributed by atoms with Crippen LogP contribution in [0.25, 0.3) is 0 Å². The van der Waals surface area contributed by atoms with E-state index < -0.39 is 9.84 Å². The number of hydrogen-bond donors (Lipinski definition) is 2. The normalized spacial score (nSPS) is 11.8. The highest BCUT2D eigenvalue weighted by Crippen LogP contribution is 2.16. The molecule has 0 bridgehead atoms. The van der Waals surface area contributed by atoms with Crippen molar-refractivity contribution in [2.24, 2.45) is 12.0 Å². The Hall–Kier alpha value is -1.55. The summed E-state index contributed by atoms with van der Waals surface area (Å²) in [5.74, 6) is 0.733. The lowest BCUT2D eigenvalue weighted by Crippen LogP contribution is -2.36. The van der Waals surface area contributed by atoms with Crippen LogP contribution in [0.4, 0.5) is 0 Å². The number of sulfone groups is 1. The molecule has 1 heterocycles. The quantitative estimate of drug-likeness (QED) is 0.371. The van der Waals surface area contributed by atoms with E-state index in [-0.39, 0.29) is 24.0 Å². The summed E-state index contributed by atoms with van der Waals surface area (Å²) in [4.78, 5) is 4.95. The average molecular weight is 490 g/mol. The van der Waals surface area contributed by atoms with Gasteiger partial charge in [-0.2, -0.15) is 0 Å². The molecule has 1 aromatic heterocycles. The van der Waals surface area contributed by atoms with E-state index in [4.69, 9.17) is 0 Å². The maximum atomic E-state index is 11.7. The number of nitrogens with zero attached hydrogens (tertiary/aromatic N) is 2. The van der Waals surface area contributed by atoms with Gasteiger partial charge in [0.05, 0.1) is 11.4 Å². The van der Waals surface area contributed by atoms with Crippen LogP contribution in [0.5, 0.6) is 0 Å². The third-order valence-electron chi connectivity index (χ3n) is 3.76. The van der Waals surface area contributed by atoms with Crippen LogP contribution >= 0.6 is 24.0 Å². The lowest BCUT2D eigenvalue weighted by Gasteiger charge is -2.12. The highest BCUT2D eigenvalue weighted by molar-refractivity contribution is 14.0. The Bertz CT molecular complexity index is 860. The van der Waals surface area contributed by atoms with Gasteiger partial charge >= 0.3 is 0 Å². The van der Waals surface area contributed by atoms with E-state index in [1.165, 1.54) is 6.26 Å². The first-order valence-corrected chi connectivity index (χ1v) is 10.1. The van der Waals surface area contributed by atoms with Crippen molar-refractivity contribution >= 4 is 39.8 Å². The van der Waals surface area contributed by atoms with E-state index in [0.717, 1.165) is 29.2 Å². The number of aliphatic imine (C=N–C) groups is 1. The van der Waals surface area contributed by atoms with Crippen LogP contribution in [0.15, 0.2) is 46.5 Å². The number of aryl methyl sites for hydroxylation is 2. The lowest BCUT2D eigenvalue weighted by molar-refractivity contribution is 0.601. The largest absolute Gasteiger partial charge is 0.357 e. The number of aromatic nitrogens is 1. The maximum absolute atomic E-state index is 11.7. The third-order valence-corrected chi connectivity index (χ3v) is 5.01. The van der Waals surface area contributed by atoms with E-state index in [2.05, 4.69) is 15.6 Å². The molecule has 144 valence electrons. The minimum absolute atomic E-state index is 0. The van der Waals surface area contributed by atoms with E-state index in [0.29, 0.717) is 18.0 Å². The highest BCUT2D eigenvalue weighted by atomic mass is 127. The number of halogens is 1. The number of guanidine groups is 1. The second-order valence-electron chi connectivity index (χ2n) is 6.11. The molecule has 26 heavy (non-hydrogen) atoms. The molecule has 0 aliphatic rings. The van der Waals surface area contributed by atoms with Crippen LogP contribution in [0, 0.1) is 6.92 Å². The predicted molar refractivity (Wildman–Crippen MR) is 117 cm³/mol. The van der Waals surface area contributed by atoms with Gasteiger partial charge in [0, 0.05) is 38.8 Å². The van der Waals surface area contributed by atoms with Gasteiger partial charge in [0.2, 0.25) is 0 Å².